The van der Waals surface area contributed by atoms with Gasteiger partial charge in [0.25, 0.3) is 0 Å². The van der Waals surface area contributed by atoms with E-state index in [0.717, 1.165) is 16.8 Å². The minimum Gasteiger partial charge on any atom is -0.332 e. The van der Waals surface area contributed by atoms with E-state index in [9.17, 15) is 22.4 Å². The first-order valence-electron chi connectivity index (χ1n) is 9.90. The third-order valence-electron chi connectivity index (χ3n) is 5.08. The Labute approximate surface area is 190 Å². The van der Waals surface area contributed by atoms with Gasteiger partial charge < -0.3 is 10.6 Å². The average molecular weight is 474 g/mol. The zero-order valence-electron chi connectivity index (χ0n) is 17.3. The number of rotatable bonds is 5. The Kier molecular flexibility index (Phi) is 6.28. The molecular weight excluding hydrogens is 456 g/mol. The summed E-state index contributed by atoms with van der Waals surface area (Å²) in [6.07, 6.45) is 2.56. The number of amides is 1. The third kappa shape index (κ3) is 5.28. The summed E-state index contributed by atoms with van der Waals surface area (Å²) in [5.41, 5.74) is 1.69. The van der Waals surface area contributed by atoms with Gasteiger partial charge in [-0.25, -0.2) is 9.37 Å². The van der Waals surface area contributed by atoms with Crippen LogP contribution >= 0.6 is 11.3 Å². The maximum Gasteiger partial charge on any atom is 0.416 e. The fourth-order valence-electron chi connectivity index (χ4n) is 3.26. The second kappa shape index (κ2) is 9.14. The Morgan fingerprint density at radius 3 is 2.67 bits per heavy atom. The van der Waals surface area contributed by atoms with Crippen molar-refractivity contribution in [3.05, 3.63) is 82.9 Å². The van der Waals surface area contributed by atoms with Gasteiger partial charge in [0.05, 0.1) is 22.9 Å². The molecule has 1 aliphatic rings. The largest absolute Gasteiger partial charge is 0.416 e. The molecule has 2 aromatic heterocycles. The number of pyridine rings is 1. The molecule has 1 atom stereocenters. The molecule has 3 aromatic rings. The number of thiazole rings is 1. The van der Waals surface area contributed by atoms with Crippen LogP contribution in [-0.2, 0) is 11.0 Å². The Morgan fingerprint density at radius 2 is 1.94 bits per heavy atom. The lowest BCUT2D eigenvalue weighted by atomic mass is 9.94. The van der Waals surface area contributed by atoms with Crippen LogP contribution in [0.2, 0.25) is 0 Å². The highest BCUT2D eigenvalue weighted by molar-refractivity contribution is 7.14. The molecule has 0 fully saturated rings. The van der Waals surface area contributed by atoms with Crippen LogP contribution in [0.5, 0.6) is 0 Å². The van der Waals surface area contributed by atoms with E-state index in [4.69, 9.17) is 0 Å². The van der Waals surface area contributed by atoms with Crippen molar-refractivity contribution in [3.63, 3.8) is 0 Å². The fourth-order valence-corrected chi connectivity index (χ4v) is 3.99. The molecule has 0 saturated heterocycles. The van der Waals surface area contributed by atoms with E-state index >= 15 is 0 Å². The molecule has 1 aliphatic carbocycles. The summed E-state index contributed by atoms with van der Waals surface area (Å²) in [6.45, 7) is 1.87. The third-order valence-corrected chi connectivity index (χ3v) is 5.84. The van der Waals surface area contributed by atoms with Crippen molar-refractivity contribution in [1.29, 1.82) is 0 Å². The zero-order valence-corrected chi connectivity index (χ0v) is 18.1. The molecule has 4 rings (SSSR count). The number of carbonyl (C=O) groups is 1. The SMILES string of the molecule is CC1=CCC(C(=O)Nc2cc(C(F)(F)F)ccc2F)C=C1Nc1nc(-c2ccncc2)cs1. The van der Waals surface area contributed by atoms with Gasteiger partial charge in [0.15, 0.2) is 5.13 Å². The summed E-state index contributed by atoms with van der Waals surface area (Å²) in [4.78, 5) is 21.2. The smallest absolute Gasteiger partial charge is 0.332 e. The summed E-state index contributed by atoms with van der Waals surface area (Å²) >= 11 is 1.39. The Balaban J connectivity index is 1.50. The summed E-state index contributed by atoms with van der Waals surface area (Å²) < 4.78 is 52.8. The van der Waals surface area contributed by atoms with Gasteiger partial charge in [-0.1, -0.05) is 6.08 Å². The van der Waals surface area contributed by atoms with Gasteiger partial charge in [0, 0.05) is 29.0 Å². The number of hydrogen-bond donors (Lipinski definition) is 2. The Bertz CT molecular complexity index is 1230. The molecule has 10 heteroatoms. The quantitative estimate of drug-likeness (QED) is 0.428. The highest BCUT2D eigenvalue weighted by atomic mass is 32.1. The molecule has 170 valence electrons. The average Bonchev–Trinajstić information content (AvgIpc) is 3.25. The summed E-state index contributed by atoms with van der Waals surface area (Å²) in [7, 11) is 0. The van der Waals surface area contributed by atoms with Crippen molar-refractivity contribution >= 4 is 28.1 Å². The topological polar surface area (TPSA) is 66.9 Å². The van der Waals surface area contributed by atoms with Crippen molar-refractivity contribution in [1.82, 2.24) is 9.97 Å². The zero-order chi connectivity index (χ0) is 23.6. The molecule has 0 saturated carbocycles. The highest BCUT2D eigenvalue weighted by Crippen LogP contribution is 2.33. The standard InChI is InChI=1S/C23H18F4N4OS/c1-13-2-3-15(21(32)29-19-11-16(23(25,26)27)4-5-17(19)24)10-18(13)30-22-31-20(12-33-22)14-6-8-28-9-7-14/h2,4-12,15H,3H2,1H3,(H,29,32)(H,30,31). The number of halogens is 4. The van der Waals surface area contributed by atoms with Gasteiger partial charge in [-0.2, -0.15) is 13.2 Å². The van der Waals surface area contributed by atoms with Gasteiger partial charge in [0.2, 0.25) is 5.91 Å². The molecule has 0 spiro atoms. The lowest BCUT2D eigenvalue weighted by Crippen LogP contribution is -2.24. The minimum atomic E-state index is -4.64. The van der Waals surface area contributed by atoms with E-state index in [1.807, 2.05) is 30.5 Å². The summed E-state index contributed by atoms with van der Waals surface area (Å²) in [5.74, 6) is -2.23. The molecule has 2 N–H and O–H groups in total. The summed E-state index contributed by atoms with van der Waals surface area (Å²) in [6, 6.07) is 5.60. The summed E-state index contributed by atoms with van der Waals surface area (Å²) in [5, 5.41) is 7.98. The van der Waals surface area contributed by atoms with Gasteiger partial charge in [0.1, 0.15) is 5.82 Å². The molecular formula is C23H18F4N4OS. The number of allylic oxidation sites excluding steroid dienone is 2. The van der Waals surface area contributed by atoms with Gasteiger partial charge in [-0.05, 0) is 55.3 Å². The second-order valence-corrected chi connectivity index (χ2v) is 8.25. The van der Waals surface area contributed by atoms with E-state index in [2.05, 4.69) is 20.6 Å². The normalized spacial score (nSPS) is 16.1. The van der Waals surface area contributed by atoms with Crippen molar-refractivity contribution in [2.75, 3.05) is 10.6 Å². The number of hydrogen-bond acceptors (Lipinski definition) is 5. The number of nitrogens with one attached hydrogen (secondary N) is 2. The van der Waals surface area contributed by atoms with Crippen LogP contribution < -0.4 is 10.6 Å². The van der Waals surface area contributed by atoms with Crippen LogP contribution in [0.4, 0.5) is 28.4 Å². The number of benzene rings is 1. The highest BCUT2D eigenvalue weighted by Gasteiger charge is 2.31. The first kappa shape index (κ1) is 22.7. The molecule has 33 heavy (non-hydrogen) atoms. The predicted octanol–water partition coefficient (Wildman–Crippen LogP) is 6.26. The van der Waals surface area contributed by atoms with Crippen LogP contribution in [0, 0.1) is 11.7 Å². The van der Waals surface area contributed by atoms with E-state index < -0.39 is 35.1 Å². The van der Waals surface area contributed by atoms with Crippen molar-refractivity contribution in [2.45, 2.75) is 19.5 Å². The number of nitrogens with zero attached hydrogens (tertiary/aromatic N) is 2. The Hall–Kier alpha value is -3.53. The number of alkyl halides is 3. The maximum absolute atomic E-state index is 14.0. The molecule has 1 aromatic carbocycles. The molecule has 2 heterocycles. The minimum absolute atomic E-state index is 0.337. The first-order valence-corrected chi connectivity index (χ1v) is 10.8. The number of anilines is 2. The molecule has 5 nitrogen and oxygen atoms in total. The monoisotopic (exact) mass is 474 g/mol. The van der Waals surface area contributed by atoms with Crippen LogP contribution in [0.3, 0.4) is 0 Å². The van der Waals surface area contributed by atoms with E-state index in [1.165, 1.54) is 11.3 Å². The van der Waals surface area contributed by atoms with Crippen LogP contribution in [0.1, 0.15) is 18.9 Å². The van der Waals surface area contributed by atoms with Crippen LogP contribution in [0.25, 0.3) is 11.3 Å². The molecule has 0 bridgehead atoms. The lowest BCUT2D eigenvalue weighted by Gasteiger charge is -2.20. The predicted molar refractivity (Wildman–Crippen MR) is 119 cm³/mol. The van der Waals surface area contributed by atoms with Crippen molar-refractivity contribution in [3.8, 4) is 11.3 Å². The van der Waals surface area contributed by atoms with Gasteiger partial charge in [-0.3, -0.25) is 9.78 Å². The van der Waals surface area contributed by atoms with Gasteiger partial charge >= 0.3 is 6.18 Å². The Morgan fingerprint density at radius 1 is 1.18 bits per heavy atom. The second-order valence-electron chi connectivity index (χ2n) is 7.39. The maximum atomic E-state index is 14.0. The lowest BCUT2D eigenvalue weighted by molar-refractivity contribution is -0.137. The van der Waals surface area contributed by atoms with Crippen molar-refractivity contribution in [2.24, 2.45) is 5.92 Å². The molecule has 0 radical (unpaired) electrons. The van der Waals surface area contributed by atoms with E-state index in [0.29, 0.717) is 35.4 Å². The molecule has 1 unspecified atom stereocenters. The van der Waals surface area contributed by atoms with E-state index in [-0.39, 0.29) is 0 Å². The number of carbonyl (C=O) groups excluding carboxylic acids is 1. The first-order chi connectivity index (χ1) is 15.7. The van der Waals surface area contributed by atoms with Crippen LogP contribution in [0.15, 0.2) is 71.5 Å². The van der Waals surface area contributed by atoms with E-state index in [1.54, 1.807) is 18.5 Å². The fraction of sp³-hybridized carbons (Fsp3) is 0.174. The molecule has 0 aliphatic heterocycles. The number of aromatic nitrogens is 2. The van der Waals surface area contributed by atoms with Gasteiger partial charge in [-0.15, -0.1) is 11.3 Å². The molecule has 1 amide bonds. The van der Waals surface area contributed by atoms with Crippen molar-refractivity contribution < 1.29 is 22.4 Å². The van der Waals surface area contributed by atoms with Crippen LogP contribution in [-0.4, -0.2) is 15.9 Å².